The Hall–Kier alpha value is -6.60. The van der Waals surface area contributed by atoms with Crippen molar-refractivity contribution in [3.63, 3.8) is 0 Å². The van der Waals surface area contributed by atoms with Crippen molar-refractivity contribution in [3.05, 3.63) is 222 Å². The molecule has 86 heavy (non-hydrogen) atoms. The second-order valence-electron chi connectivity index (χ2n) is 24.6. The Morgan fingerprint density at radius 1 is 0.651 bits per heavy atom. The summed E-state index contributed by atoms with van der Waals surface area (Å²) in [6, 6.07) is 46.1. The number of nitrogens with one attached hydrogen (secondary N) is 2. The van der Waals surface area contributed by atoms with E-state index in [1.54, 1.807) is 21.1 Å². The third-order valence-electron chi connectivity index (χ3n) is 17.1. The Morgan fingerprint density at radius 3 is 1.73 bits per heavy atom. The molecule has 1 unspecified atom stereocenters. The first-order valence-electron chi connectivity index (χ1n) is 28.9. The van der Waals surface area contributed by atoms with Crippen molar-refractivity contribution in [3.8, 4) is 11.5 Å². The first-order chi connectivity index (χ1) is 40.9. The van der Waals surface area contributed by atoms with Crippen molar-refractivity contribution >= 4 is 34.8 Å². The summed E-state index contributed by atoms with van der Waals surface area (Å²) in [5.41, 5.74) is -1.52. The Morgan fingerprint density at radius 2 is 1.20 bits per heavy atom. The maximum Gasteiger partial charge on any atom is 0.475 e. The van der Waals surface area contributed by atoms with E-state index in [0.29, 0.717) is 28.2 Å². The van der Waals surface area contributed by atoms with Crippen molar-refractivity contribution < 1.29 is 50.7 Å². The van der Waals surface area contributed by atoms with Gasteiger partial charge in [0.1, 0.15) is 53.8 Å². The fourth-order valence-electron chi connectivity index (χ4n) is 11.7. The van der Waals surface area contributed by atoms with E-state index in [1.165, 1.54) is 27.6 Å². The normalized spacial score (nSPS) is 23.9. The van der Waals surface area contributed by atoms with Crippen LogP contribution in [0.5, 0.6) is 11.5 Å². The number of hydrogen-bond acceptors (Lipinski definition) is 15. The fourth-order valence-corrected chi connectivity index (χ4v) is 19.3. The van der Waals surface area contributed by atoms with Crippen LogP contribution in [-0.2, 0) is 46.8 Å². The number of rotatable bonds is 19. The molecule has 10 rings (SSSR count). The van der Waals surface area contributed by atoms with Crippen LogP contribution in [-0.4, -0.2) is 99.8 Å². The van der Waals surface area contributed by atoms with Gasteiger partial charge < -0.3 is 32.5 Å². The second kappa shape index (κ2) is 24.9. The van der Waals surface area contributed by atoms with Crippen molar-refractivity contribution in [2.45, 2.75) is 139 Å². The number of ether oxygens (including phenoxy) is 5. The quantitative estimate of drug-likeness (QED) is 0.0438. The zero-order chi connectivity index (χ0) is 61.4. The van der Waals surface area contributed by atoms with Crippen molar-refractivity contribution in [2.24, 2.45) is 0 Å². The number of phosphoric ester groups is 1. The van der Waals surface area contributed by atoms with Gasteiger partial charge in [0.25, 0.3) is 19.4 Å². The predicted molar refractivity (Wildman–Crippen MR) is 331 cm³/mol. The average molecular weight is 1230 g/mol. The van der Waals surface area contributed by atoms with Gasteiger partial charge >= 0.3 is 19.2 Å². The monoisotopic (exact) mass is 1230 g/mol. The molecule has 3 aliphatic heterocycles. The summed E-state index contributed by atoms with van der Waals surface area (Å²) >= 11 is 0. The summed E-state index contributed by atoms with van der Waals surface area (Å²) < 4.78 is 86.5. The molecule has 0 amide bonds. The number of nitrogens with zero attached hydrogens (tertiary/aromatic N) is 2. The third-order valence-corrected chi connectivity index (χ3v) is 28.2. The minimum Gasteiger partial charge on any atom is -0.497 e. The van der Waals surface area contributed by atoms with Gasteiger partial charge in [-0.25, -0.2) is 14.2 Å². The molecule has 3 aliphatic rings. The van der Waals surface area contributed by atoms with Crippen molar-refractivity contribution in [1.82, 2.24) is 19.1 Å². The van der Waals surface area contributed by atoms with Gasteiger partial charge in [-0.05, 0) is 81.4 Å². The Kier molecular flexibility index (Phi) is 18.1. The van der Waals surface area contributed by atoms with Crippen molar-refractivity contribution in [2.75, 3.05) is 27.4 Å². The van der Waals surface area contributed by atoms with Gasteiger partial charge in [0.2, 0.25) is 0 Å². The molecule has 456 valence electrons. The molecule has 0 spiro atoms. The minimum absolute atomic E-state index is 0.131. The maximum atomic E-state index is 16.1. The third kappa shape index (κ3) is 12.3. The maximum absolute atomic E-state index is 16.1. The number of methoxy groups -OCH3 is 2. The molecular weight excluding hydrogens is 1150 g/mol. The van der Waals surface area contributed by atoms with Crippen LogP contribution in [0.15, 0.2) is 177 Å². The molecule has 22 heteroatoms. The van der Waals surface area contributed by atoms with Gasteiger partial charge in [-0.1, -0.05) is 157 Å². The number of phosphoric acid groups is 1. The second-order valence-corrected chi connectivity index (χ2v) is 35.2. The molecular formula is C64H77N4O15PSi2. The highest BCUT2D eigenvalue weighted by atomic mass is 31.2. The van der Waals surface area contributed by atoms with Gasteiger partial charge in [-0.15, -0.1) is 0 Å². The van der Waals surface area contributed by atoms with Crippen LogP contribution in [0.2, 0.25) is 23.2 Å². The lowest BCUT2D eigenvalue weighted by Gasteiger charge is -2.46. The highest BCUT2D eigenvalue weighted by Gasteiger charge is 2.59. The molecule has 2 aromatic heterocycles. The summed E-state index contributed by atoms with van der Waals surface area (Å²) in [5.74, 6) is 1.24. The molecule has 0 bridgehead atoms. The first-order valence-corrected chi connectivity index (χ1v) is 35.2. The van der Waals surface area contributed by atoms with E-state index in [4.69, 9.17) is 46.1 Å². The predicted octanol–water partition coefficient (Wildman–Crippen LogP) is 9.24. The van der Waals surface area contributed by atoms with E-state index in [0.717, 1.165) is 15.9 Å². The first kappa shape index (κ1) is 62.5. The smallest absolute Gasteiger partial charge is 0.475 e. The van der Waals surface area contributed by atoms with Crippen LogP contribution in [0.3, 0.4) is 0 Å². The lowest BCUT2D eigenvalue weighted by atomic mass is 9.80. The van der Waals surface area contributed by atoms with Crippen LogP contribution in [0, 0.1) is 6.92 Å². The zero-order valence-corrected chi connectivity index (χ0v) is 53.3. The molecule has 2 N–H and O–H groups in total. The topological polar surface area (TPSA) is 219 Å². The SMILES string of the molecule is COc1ccc(C(OC[C@H]2O[C@@H](n3ccc(=O)[nH]c3=O)[C@H](O[Si](C)(C)C(C)(C)C)[C@@H]2OP2(=O)OCC[C@@H]([C@H]3O[C@@H](n4cc(C)c(=O)[nH]c4=O)C[C@@H]3O[Si](c3ccccc3)(c3ccccc3)C(C)(C)C)O2)(c2ccccc2)c2ccc(OC)cc2)cc1. The molecule has 19 nitrogen and oxygen atoms in total. The fraction of sp³-hybridized carbons (Fsp3) is 0.406. The summed E-state index contributed by atoms with van der Waals surface area (Å²) in [7, 11) is -7.92. The molecule has 0 radical (unpaired) electrons. The molecule has 5 heterocycles. The van der Waals surface area contributed by atoms with E-state index in [9.17, 15) is 19.2 Å². The van der Waals surface area contributed by atoms with E-state index in [1.807, 2.05) is 128 Å². The van der Waals surface area contributed by atoms with Gasteiger partial charge in [-0.2, -0.15) is 0 Å². The lowest BCUT2D eigenvalue weighted by molar-refractivity contribution is -0.113. The number of benzene rings is 5. The van der Waals surface area contributed by atoms with Crippen LogP contribution in [0.1, 0.15) is 89.1 Å². The van der Waals surface area contributed by atoms with E-state index in [-0.39, 0.29) is 26.1 Å². The van der Waals surface area contributed by atoms with Gasteiger partial charge in [0, 0.05) is 36.9 Å². The van der Waals surface area contributed by atoms with Gasteiger partial charge in [-0.3, -0.25) is 42.3 Å². The standard InChI is InChI=1S/C64H77N4O15PSi2/c1-42-40-68(61(72)66-58(42)70)54-39-51(82-86(63(5,6)7,48-23-17-13-18-24-48)49-25-19-14-20-26-49)55(79-54)50-36-38-77-84(73,80-50)81-56-52(78-59(67-37-35-53(69)65-60(67)71)57(56)83-85(10,11)62(2,3)4)41-76-64(43-21-15-12-16-22-43,44-27-31-46(74-8)32-28-44)45-29-33-47(75-9)34-30-45/h12-35,37,40,50-52,54-57,59H,36,38-39,41H2,1-11H3,(H,65,69,71)(H,66,70,72)/t50-,51-,52+,54+,55+,56+,57+,59+,84?/m0/s1. The molecule has 3 fully saturated rings. The number of H-pyrrole nitrogens is 2. The molecule has 9 atom stereocenters. The Bertz CT molecular complexity index is 3670. The zero-order valence-electron chi connectivity index (χ0n) is 50.4. The number of hydrogen-bond donors (Lipinski definition) is 2. The number of aryl methyl sites for hydroxylation is 1. The molecule has 0 aliphatic carbocycles. The highest BCUT2D eigenvalue weighted by Crippen LogP contribution is 2.59. The largest absolute Gasteiger partial charge is 0.497 e. The van der Waals surface area contributed by atoms with Crippen LogP contribution < -0.4 is 42.3 Å². The molecule has 0 saturated carbocycles. The minimum atomic E-state index is -4.80. The van der Waals surface area contributed by atoms with Gasteiger partial charge in [0.15, 0.2) is 14.5 Å². The molecule has 7 aromatic rings. The van der Waals surface area contributed by atoms with E-state index in [2.05, 4.69) is 75.8 Å². The number of aromatic nitrogens is 4. The van der Waals surface area contributed by atoms with E-state index < -0.39 is 112 Å². The van der Waals surface area contributed by atoms with Crippen LogP contribution in [0.25, 0.3) is 0 Å². The summed E-state index contributed by atoms with van der Waals surface area (Å²) in [5, 5.41) is 1.07. The summed E-state index contributed by atoms with van der Waals surface area (Å²) in [6.07, 6.45) is -5.85. The molecule has 3 saturated heterocycles. The lowest BCUT2D eigenvalue weighted by Crippen LogP contribution is -2.68. The average Bonchev–Trinajstić information content (AvgIpc) is 1.32. The van der Waals surface area contributed by atoms with Crippen LogP contribution in [0.4, 0.5) is 0 Å². The van der Waals surface area contributed by atoms with Crippen LogP contribution >= 0.6 is 7.82 Å². The van der Waals surface area contributed by atoms with Gasteiger partial charge in [0.05, 0.1) is 33.5 Å². The highest BCUT2D eigenvalue weighted by molar-refractivity contribution is 7.48. The summed E-state index contributed by atoms with van der Waals surface area (Å²) in [4.78, 5) is 58.1. The van der Waals surface area contributed by atoms with Crippen molar-refractivity contribution in [1.29, 1.82) is 0 Å². The van der Waals surface area contributed by atoms with E-state index >= 15 is 4.57 Å². The number of aromatic amines is 2. The molecule has 5 aromatic carbocycles. The Labute approximate surface area is 502 Å². The summed E-state index contributed by atoms with van der Waals surface area (Å²) in [6.45, 7) is 17.9. The Balaban J connectivity index is 1.09.